The van der Waals surface area contributed by atoms with Crippen molar-refractivity contribution in [2.75, 3.05) is 13.1 Å². The standard InChI is InChI=1S/C17H23N3S.HI/c1-2-18-17(20-13-16-10-12-21-14-16)19-11-6-9-15-7-4-3-5-8-15;/h3-5,7-8,10,12,14H,2,6,9,11,13H2,1H3,(H2,18,19,20);1H. The molecule has 1 heterocycles. The monoisotopic (exact) mass is 429 g/mol. The van der Waals surface area contributed by atoms with Crippen LogP contribution in [0.5, 0.6) is 0 Å². The van der Waals surface area contributed by atoms with Gasteiger partial charge in [-0.2, -0.15) is 11.3 Å². The number of thiophene rings is 1. The lowest BCUT2D eigenvalue weighted by Gasteiger charge is -2.11. The summed E-state index contributed by atoms with van der Waals surface area (Å²) in [4.78, 5) is 4.60. The molecular weight excluding hydrogens is 405 g/mol. The molecule has 0 spiro atoms. The Hall–Kier alpha value is -1.08. The Balaban J connectivity index is 0.00000242. The van der Waals surface area contributed by atoms with Crippen molar-refractivity contribution in [2.24, 2.45) is 4.99 Å². The van der Waals surface area contributed by atoms with Crippen LogP contribution in [0.15, 0.2) is 52.2 Å². The summed E-state index contributed by atoms with van der Waals surface area (Å²) >= 11 is 1.71. The first-order chi connectivity index (χ1) is 10.4. The molecule has 1 aromatic heterocycles. The first-order valence-corrected chi connectivity index (χ1v) is 8.40. The lowest BCUT2D eigenvalue weighted by Crippen LogP contribution is -2.37. The molecule has 0 bridgehead atoms. The highest BCUT2D eigenvalue weighted by Crippen LogP contribution is 2.06. The molecule has 0 aliphatic rings. The third kappa shape index (κ3) is 7.26. The maximum atomic E-state index is 4.60. The zero-order valence-corrected chi connectivity index (χ0v) is 16.1. The molecule has 0 aliphatic carbocycles. The van der Waals surface area contributed by atoms with Crippen LogP contribution in [0.2, 0.25) is 0 Å². The van der Waals surface area contributed by atoms with Gasteiger partial charge in [0.05, 0.1) is 6.54 Å². The van der Waals surface area contributed by atoms with E-state index >= 15 is 0 Å². The predicted octanol–water partition coefficient (Wildman–Crippen LogP) is 4.05. The Labute approximate surface area is 154 Å². The maximum Gasteiger partial charge on any atom is 0.191 e. The summed E-state index contributed by atoms with van der Waals surface area (Å²) in [6.07, 6.45) is 2.20. The van der Waals surface area contributed by atoms with E-state index in [4.69, 9.17) is 0 Å². The summed E-state index contributed by atoms with van der Waals surface area (Å²) in [5.74, 6) is 0.900. The zero-order valence-electron chi connectivity index (χ0n) is 12.9. The number of halogens is 1. The highest BCUT2D eigenvalue weighted by Gasteiger charge is 1.98. The van der Waals surface area contributed by atoms with Gasteiger partial charge in [-0.3, -0.25) is 0 Å². The minimum atomic E-state index is 0. The second-order valence-electron chi connectivity index (χ2n) is 4.84. The van der Waals surface area contributed by atoms with Gasteiger partial charge in [-0.05, 0) is 47.7 Å². The van der Waals surface area contributed by atoms with E-state index in [0.717, 1.165) is 38.4 Å². The summed E-state index contributed by atoms with van der Waals surface area (Å²) in [7, 11) is 0. The van der Waals surface area contributed by atoms with Crippen molar-refractivity contribution in [1.29, 1.82) is 0 Å². The second-order valence-corrected chi connectivity index (χ2v) is 5.62. The summed E-state index contributed by atoms with van der Waals surface area (Å²) in [5, 5.41) is 10.9. The van der Waals surface area contributed by atoms with Crippen LogP contribution in [0.1, 0.15) is 24.5 Å². The third-order valence-corrected chi connectivity index (χ3v) is 3.85. The number of rotatable bonds is 7. The van der Waals surface area contributed by atoms with E-state index in [2.05, 4.69) is 69.7 Å². The van der Waals surface area contributed by atoms with Crippen molar-refractivity contribution in [3.05, 3.63) is 58.3 Å². The first kappa shape index (κ1) is 19.0. The molecule has 120 valence electrons. The fraction of sp³-hybridized carbons (Fsp3) is 0.353. The van der Waals surface area contributed by atoms with Crippen molar-refractivity contribution in [3.8, 4) is 0 Å². The van der Waals surface area contributed by atoms with E-state index in [-0.39, 0.29) is 24.0 Å². The van der Waals surface area contributed by atoms with Gasteiger partial charge in [0, 0.05) is 13.1 Å². The molecule has 5 heteroatoms. The SMILES string of the molecule is CCNC(=NCc1ccsc1)NCCCc1ccccc1.I. The highest BCUT2D eigenvalue weighted by molar-refractivity contribution is 14.0. The van der Waals surface area contributed by atoms with Crippen LogP contribution in [0.25, 0.3) is 0 Å². The summed E-state index contributed by atoms with van der Waals surface area (Å²) in [5.41, 5.74) is 2.65. The number of nitrogens with zero attached hydrogens (tertiary/aromatic N) is 1. The number of hydrogen-bond donors (Lipinski definition) is 2. The number of nitrogens with one attached hydrogen (secondary N) is 2. The van der Waals surface area contributed by atoms with E-state index in [1.165, 1.54) is 11.1 Å². The Kier molecular flexibility index (Phi) is 9.90. The maximum absolute atomic E-state index is 4.60. The minimum absolute atomic E-state index is 0. The molecule has 0 radical (unpaired) electrons. The Morgan fingerprint density at radius 3 is 2.59 bits per heavy atom. The molecule has 2 N–H and O–H groups in total. The molecule has 2 aromatic rings. The van der Waals surface area contributed by atoms with Crippen molar-refractivity contribution < 1.29 is 0 Å². The Bertz CT molecular complexity index is 526. The molecule has 0 amide bonds. The fourth-order valence-electron chi connectivity index (χ4n) is 2.04. The normalized spacial score (nSPS) is 10.9. The van der Waals surface area contributed by atoms with Crippen LogP contribution in [-0.2, 0) is 13.0 Å². The Morgan fingerprint density at radius 2 is 1.91 bits per heavy atom. The predicted molar refractivity (Wildman–Crippen MR) is 107 cm³/mol. The molecule has 0 fully saturated rings. The first-order valence-electron chi connectivity index (χ1n) is 7.45. The number of aliphatic imine (C=N–C) groups is 1. The van der Waals surface area contributed by atoms with Gasteiger partial charge in [0.2, 0.25) is 0 Å². The quantitative estimate of drug-likeness (QED) is 0.302. The van der Waals surface area contributed by atoms with Crippen molar-refractivity contribution in [2.45, 2.75) is 26.3 Å². The smallest absolute Gasteiger partial charge is 0.191 e. The van der Waals surface area contributed by atoms with E-state index in [1.54, 1.807) is 11.3 Å². The molecule has 0 atom stereocenters. The molecule has 2 rings (SSSR count). The van der Waals surface area contributed by atoms with Crippen molar-refractivity contribution >= 4 is 41.3 Å². The number of hydrogen-bond acceptors (Lipinski definition) is 2. The van der Waals surface area contributed by atoms with E-state index in [9.17, 15) is 0 Å². The molecule has 0 aliphatic heterocycles. The summed E-state index contributed by atoms with van der Waals surface area (Å²) < 4.78 is 0. The van der Waals surface area contributed by atoms with Gasteiger partial charge < -0.3 is 10.6 Å². The van der Waals surface area contributed by atoms with Crippen LogP contribution < -0.4 is 10.6 Å². The Morgan fingerprint density at radius 1 is 1.09 bits per heavy atom. The minimum Gasteiger partial charge on any atom is -0.357 e. The molecule has 0 saturated carbocycles. The van der Waals surface area contributed by atoms with Gasteiger partial charge in [-0.25, -0.2) is 4.99 Å². The summed E-state index contributed by atoms with van der Waals surface area (Å²) in [6, 6.07) is 12.7. The van der Waals surface area contributed by atoms with Crippen LogP contribution in [0, 0.1) is 0 Å². The zero-order chi connectivity index (χ0) is 14.8. The third-order valence-electron chi connectivity index (χ3n) is 3.12. The van der Waals surface area contributed by atoms with Crippen LogP contribution >= 0.6 is 35.3 Å². The number of benzene rings is 1. The van der Waals surface area contributed by atoms with Crippen LogP contribution in [0.4, 0.5) is 0 Å². The van der Waals surface area contributed by atoms with Gasteiger partial charge in [0.25, 0.3) is 0 Å². The summed E-state index contributed by atoms with van der Waals surface area (Å²) in [6.45, 7) is 4.64. The van der Waals surface area contributed by atoms with Crippen LogP contribution in [-0.4, -0.2) is 19.0 Å². The topological polar surface area (TPSA) is 36.4 Å². The molecule has 3 nitrogen and oxygen atoms in total. The van der Waals surface area contributed by atoms with E-state index < -0.39 is 0 Å². The molecule has 0 unspecified atom stereocenters. The van der Waals surface area contributed by atoms with E-state index in [0.29, 0.717) is 0 Å². The average molecular weight is 429 g/mol. The molecular formula is C17H24IN3S. The van der Waals surface area contributed by atoms with E-state index in [1.807, 2.05) is 0 Å². The lowest BCUT2D eigenvalue weighted by molar-refractivity contribution is 0.744. The van der Waals surface area contributed by atoms with Crippen LogP contribution in [0.3, 0.4) is 0 Å². The van der Waals surface area contributed by atoms with Crippen molar-refractivity contribution in [1.82, 2.24) is 10.6 Å². The largest absolute Gasteiger partial charge is 0.357 e. The van der Waals surface area contributed by atoms with Crippen molar-refractivity contribution in [3.63, 3.8) is 0 Å². The van der Waals surface area contributed by atoms with Gasteiger partial charge in [0.15, 0.2) is 5.96 Å². The molecule has 0 saturated heterocycles. The second kappa shape index (κ2) is 11.5. The molecule has 1 aromatic carbocycles. The molecule has 22 heavy (non-hydrogen) atoms. The number of guanidine groups is 1. The number of aryl methyl sites for hydroxylation is 1. The lowest BCUT2D eigenvalue weighted by atomic mass is 10.1. The van der Waals surface area contributed by atoms with Gasteiger partial charge >= 0.3 is 0 Å². The fourth-order valence-corrected chi connectivity index (χ4v) is 2.70. The average Bonchev–Trinajstić information content (AvgIpc) is 3.03. The highest BCUT2D eigenvalue weighted by atomic mass is 127. The van der Waals surface area contributed by atoms with Gasteiger partial charge in [-0.15, -0.1) is 24.0 Å². The van der Waals surface area contributed by atoms with Gasteiger partial charge in [-0.1, -0.05) is 30.3 Å². The van der Waals surface area contributed by atoms with Gasteiger partial charge in [0.1, 0.15) is 0 Å².